The quantitative estimate of drug-likeness (QED) is 0.656. The van der Waals surface area contributed by atoms with E-state index in [0.717, 1.165) is 5.69 Å². The van der Waals surface area contributed by atoms with Gasteiger partial charge in [0.05, 0.1) is 11.3 Å². The van der Waals surface area contributed by atoms with Crippen molar-refractivity contribution in [2.45, 2.75) is 6.61 Å². The first-order valence-corrected chi connectivity index (χ1v) is 5.71. The zero-order valence-electron chi connectivity index (χ0n) is 9.56. The van der Waals surface area contributed by atoms with Crippen LogP contribution in [-0.2, 0) is 6.61 Å². The molecule has 1 heterocycles. The summed E-state index contributed by atoms with van der Waals surface area (Å²) in [5.74, 6) is 0.434. The van der Waals surface area contributed by atoms with Crippen LogP contribution in [0.15, 0.2) is 42.6 Å². The maximum Gasteiger partial charge on any atom is 0.132 e. The van der Waals surface area contributed by atoms with Crippen LogP contribution in [-0.4, -0.2) is 10.8 Å². The molecule has 1 aromatic heterocycles. The highest BCUT2D eigenvalue weighted by atomic mass is 35.5. The van der Waals surface area contributed by atoms with Crippen molar-refractivity contribution in [3.8, 4) is 5.75 Å². The molecule has 0 spiro atoms. The van der Waals surface area contributed by atoms with Crippen molar-refractivity contribution in [2.24, 2.45) is 5.73 Å². The minimum atomic E-state index is -0.0531. The van der Waals surface area contributed by atoms with E-state index in [9.17, 15) is 0 Å². The van der Waals surface area contributed by atoms with Gasteiger partial charge in [-0.25, -0.2) is 0 Å². The second kappa shape index (κ2) is 5.51. The van der Waals surface area contributed by atoms with Crippen LogP contribution in [0.2, 0.25) is 5.02 Å². The van der Waals surface area contributed by atoms with Crippen LogP contribution in [0.5, 0.6) is 5.75 Å². The van der Waals surface area contributed by atoms with E-state index in [4.69, 9.17) is 27.5 Å². The Kier molecular flexibility index (Phi) is 3.79. The lowest BCUT2D eigenvalue weighted by molar-refractivity contribution is 0.301. The Labute approximate surface area is 110 Å². The predicted molar refractivity (Wildman–Crippen MR) is 71.0 cm³/mol. The summed E-state index contributed by atoms with van der Waals surface area (Å²) in [6.45, 7) is 0.307. The highest BCUT2D eigenvalue weighted by Crippen LogP contribution is 2.23. The molecule has 2 rings (SSSR count). The molecule has 4 nitrogen and oxygen atoms in total. The third kappa shape index (κ3) is 2.99. The fraction of sp³-hybridized carbons (Fsp3) is 0.0769. The molecule has 0 aliphatic rings. The monoisotopic (exact) mass is 261 g/mol. The smallest absolute Gasteiger partial charge is 0.132 e. The maximum absolute atomic E-state index is 7.47. The van der Waals surface area contributed by atoms with Crippen LogP contribution >= 0.6 is 11.6 Å². The summed E-state index contributed by atoms with van der Waals surface area (Å²) in [5, 5.41) is 8.01. The Morgan fingerprint density at radius 2 is 2.17 bits per heavy atom. The van der Waals surface area contributed by atoms with Gasteiger partial charge in [-0.05, 0) is 30.3 Å². The van der Waals surface area contributed by atoms with E-state index in [-0.39, 0.29) is 5.84 Å². The Morgan fingerprint density at radius 3 is 2.83 bits per heavy atom. The topological polar surface area (TPSA) is 72.0 Å². The Morgan fingerprint density at radius 1 is 1.33 bits per heavy atom. The molecule has 0 atom stereocenters. The third-order valence-corrected chi connectivity index (χ3v) is 2.57. The van der Waals surface area contributed by atoms with E-state index in [2.05, 4.69) is 4.98 Å². The lowest BCUT2D eigenvalue weighted by atomic mass is 10.2. The molecule has 1 aromatic carbocycles. The van der Waals surface area contributed by atoms with Crippen molar-refractivity contribution >= 4 is 17.4 Å². The highest BCUT2D eigenvalue weighted by Gasteiger charge is 2.08. The third-order valence-electron chi connectivity index (χ3n) is 2.34. The average molecular weight is 262 g/mol. The van der Waals surface area contributed by atoms with Crippen LogP contribution in [0, 0.1) is 5.41 Å². The van der Waals surface area contributed by atoms with Gasteiger partial charge < -0.3 is 10.5 Å². The van der Waals surface area contributed by atoms with E-state index in [1.54, 1.807) is 24.4 Å². The molecule has 0 amide bonds. The Balaban J connectivity index is 2.18. The molecule has 2 aromatic rings. The van der Waals surface area contributed by atoms with E-state index >= 15 is 0 Å². The number of aromatic nitrogens is 1. The zero-order valence-corrected chi connectivity index (χ0v) is 10.3. The molecule has 3 N–H and O–H groups in total. The molecule has 5 heteroatoms. The van der Waals surface area contributed by atoms with Gasteiger partial charge in [-0.3, -0.25) is 10.4 Å². The molecule has 0 saturated heterocycles. The number of nitrogens with zero attached hydrogens (tertiary/aromatic N) is 1. The van der Waals surface area contributed by atoms with Gasteiger partial charge in [0, 0.05) is 11.2 Å². The molecule has 0 radical (unpaired) electrons. The second-order valence-electron chi connectivity index (χ2n) is 3.66. The van der Waals surface area contributed by atoms with Crippen molar-refractivity contribution < 1.29 is 4.74 Å². The number of benzene rings is 1. The number of ether oxygens (including phenoxy) is 1. The predicted octanol–water partition coefficient (Wildman–Crippen LogP) is 2.60. The van der Waals surface area contributed by atoms with Crippen LogP contribution in [0.25, 0.3) is 0 Å². The molecular formula is C13H12ClN3O. The lowest BCUT2D eigenvalue weighted by Crippen LogP contribution is -2.13. The van der Waals surface area contributed by atoms with Crippen molar-refractivity contribution in [2.75, 3.05) is 0 Å². The molecular weight excluding hydrogens is 250 g/mol. The summed E-state index contributed by atoms with van der Waals surface area (Å²) in [4.78, 5) is 4.15. The number of rotatable bonds is 4. The zero-order chi connectivity index (χ0) is 13.0. The molecule has 0 unspecified atom stereocenters. The number of pyridine rings is 1. The summed E-state index contributed by atoms with van der Waals surface area (Å²) in [6, 6.07) is 10.6. The summed E-state index contributed by atoms with van der Waals surface area (Å²) in [6.07, 6.45) is 1.70. The average Bonchev–Trinajstić information content (AvgIpc) is 2.37. The fourth-order valence-corrected chi connectivity index (χ4v) is 1.64. The summed E-state index contributed by atoms with van der Waals surface area (Å²) >= 11 is 5.90. The molecule has 92 valence electrons. The number of amidine groups is 1. The van der Waals surface area contributed by atoms with Gasteiger partial charge >= 0.3 is 0 Å². The summed E-state index contributed by atoms with van der Waals surface area (Å²) in [5.41, 5.74) is 6.80. The molecule has 0 fully saturated rings. The molecule has 0 saturated carbocycles. The first kappa shape index (κ1) is 12.4. The second-order valence-corrected chi connectivity index (χ2v) is 4.10. The highest BCUT2D eigenvalue weighted by molar-refractivity contribution is 6.30. The minimum absolute atomic E-state index is 0.0531. The van der Waals surface area contributed by atoms with Crippen molar-refractivity contribution in [3.05, 3.63) is 58.9 Å². The number of hydrogen-bond donors (Lipinski definition) is 2. The number of halogens is 1. The normalized spacial score (nSPS) is 10.1. The number of nitrogen functional groups attached to an aromatic ring is 1. The van der Waals surface area contributed by atoms with E-state index in [1.807, 2.05) is 18.2 Å². The summed E-state index contributed by atoms with van der Waals surface area (Å²) in [7, 11) is 0. The number of nitrogens with two attached hydrogens (primary N) is 1. The SMILES string of the molecule is N=C(N)c1ccc(Cl)cc1OCc1ccccn1. The van der Waals surface area contributed by atoms with Gasteiger partial charge in [0.25, 0.3) is 0 Å². The summed E-state index contributed by atoms with van der Waals surface area (Å²) < 4.78 is 5.60. The first-order valence-electron chi connectivity index (χ1n) is 5.33. The maximum atomic E-state index is 7.47. The van der Waals surface area contributed by atoms with E-state index < -0.39 is 0 Å². The van der Waals surface area contributed by atoms with Crippen LogP contribution in [0.1, 0.15) is 11.3 Å². The molecule has 18 heavy (non-hydrogen) atoms. The van der Waals surface area contributed by atoms with Gasteiger partial charge in [0.2, 0.25) is 0 Å². The van der Waals surface area contributed by atoms with Crippen LogP contribution in [0.4, 0.5) is 0 Å². The first-order chi connectivity index (χ1) is 8.66. The van der Waals surface area contributed by atoms with Crippen LogP contribution < -0.4 is 10.5 Å². The van der Waals surface area contributed by atoms with Gasteiger partial charge in [0.1, 0.15) is 18.2 Å². The largest absolute Gasteiger partial charge is 0.486 e. The van der Waals surface area contributed by atoms with E-state index in [0.29, 0.717) is 22.9 Å². The fourth-order valence-electron chi connectivity index (χ4n) is 1.47. The standard InChI is InChI=1S/C13H12ClN3O/c14-9-4-5-11(13(15)16)12(7-9)18-8-10-3-1-2-6-17-10/h1-7H,8H2,(H3,15,16). The van der Waals surface area contributed by atoms with Crippen LogP contribution in [0.3, 0.4) is 0 Å². The molecule has 0 aliphatic heterocycles. The van der Waals surface area contributed by atoms with E-state index in [1.165, 1.54) is 0 Å². The minimum Gasteiger partial charge on any atom is -0.486 e. The van der Waals surface area contributed by atoms with Gasteiger partial charge in [-0.15, -0.1) is 0 Å². The lowest BCUT2D eigenvalue weighted by Gasteiger charge is -2.10. The van der Waals surface area contributed by atoms with Gasteiger partial charge in [0.15, 0.2) is 0 Å². The Bertz CT molecular complexity index is 557. The van der Waals surface area contributed by atoms with Crippen molar-refractivity contribution in [1.82, 2.24) is 4.98 Å². The van der Waals surface area contributed by atoms with Gasteiger partial charge in [-0.1, -0.05) is 17.7 Å². The molecule has 0 aliphatic carbocycles. The van der Waals surface area contributed by atoms with Crippen molar-refractivity contribution in [1.29, 1.82) is 5.41 Å². The number of hydrogen-bond acceptors (Lipinski definition) is 3. The molecule has 0 bridgehead atoms. The van der Waals surface area contributed by atoms with Gasteiger partial charge in [-0.2, -0.15) is 0 Å². The van der Waals surface area contributed by atoms with Crippen molar-refractivity contribution in [3.63, 3.8) is 0 Å². The Hall–Kier alpha value is -2.07. The number of nitrogens with one attached hydrogen (secondary N) is 1.